The zero-order chi connectivity index (χ0) is 14.8. The number of fused-ring (bicyclic) bond motifs is 1. The molecule has 0 aliphatic carbocycles. The summed E-state index contributed by atoms with van der Waals surface area (Å²) in [5.41, 5.74) is 4.96. The third kappa shape index (κ3) is 2.68. The number of esters is 1. The number of hydrogen-bond acceptors (Lipinski definition) is 2. The van der Waals surface area contributed by atoms with Crippen molar-refractivity contribution < 1.29 is 9.53 Å². The van der Waals surface area contributed by atoms with Crippen molar-refractivity contribution in [2.24, 2.45) is 0 Å². The van der Waals surface area contributed by atoms with Crippen molar-refractivity contribution in [1.29, 1.82) is 0 Å². The van der Waals surface area contributed by atoms with Gasteiger partial charge in [-0.3, -0.25) is 0 Å². The molecule has 0 spiro atoms. The number of rotatable bonds is 3. The number of H-pyrrole nitrogens is 1. The van der Waals surface area contributed by atoms with Crippen molar-refractivity contribution in [2.75, 3.05) is 6.61 Å². The van der Waals surface area contributed by atoms with Crippen LogP contribution in [0.5, 0.6) is 0 Å². The summed E-state index contributed by atoms with van der Waals surface area (Å²) in [5, 5.41) is 1.01. The fourth-order valence-electron chi connectivity index (χ4n) is 2.37. The predicted octanol–water partition coefficient (Wildman–Crippen LogP) is 4.32. The first kappa shape index (κ1) is 13.4. The molecule has 106 valence electrons. The number of carbonyl (C=O) groups is 1. The molecule has 0 amide bonds. The summed E-state index contributed by atoms with van der Waals surface area (Å²) in [6, 6.07) is 16.4. The number of nitrogens with one attached hydrogen (secondary N) is 1. The van der Waals surface area contributed by atoms with E-state index in [0.29, 0.717) is 12.3 Å². The fraction of sp³-hybridized carbons (Fsp3) is 0.167. The van der Waals surface area contributed by atoms with Gasteiger partial charge in [-0.1, -0.05) is 42.0 Å². The Labute approximate surface area is 123 Å². The van der Waals surface area contributed by atoms with Crippen molar-refractivity contribution in [3.05, 3.63) is 59.8 Å². The van der Waals surface area contributed by atoms with Gasteiger partial charge in [-0.2, -0.15) is 0 Å². The molecule has 2 aromatic carbocycles. The van der Waals surface area contributed by atoms with Gasteiger partial charge in [0.05, 0.1) is 6.61 Å². The number of hydrogen-bond donors (Lipinski definition) is 1. The Morgan fingerprint density at radius 1 is 1.05 bits per heavy atom. The molecule has 21 heavy (non-hydrogen) atoms. The van der Waals surface area contributed by atoms with E-state index in [0.717, 1.165) is 22.0 Å². The van der Waals surface area contributed by atoms with E-state index in [9.17, 15) is 4.79 Å². The highest BCUT2D eigenvalue weighted by Gasteiger charge is 2.10. The summed E-state index contributed by atoms with van der Waals surface area (Å²) in [4.78, 5) is 14.9. The van der Waals surface area contributed by atoms with Crippen molar-refractivity contribution in [3.63, 3.8) is 0 Å². The van der Waals surface area contributed by atoms with E-state index in [2.05, 4.69) is 48.3 Å². The maximum absolute atomic E-state index is 11.8. The summed E-state index contributed by atoms with van der Waals surface area (Å²) in [6.07, 6.45) is 0. The molecule has 1 N–H and O–H groups in total. The van der Waals surface area contributed by atoms with Gasteiger partial charge in [0.1, 0.15) is 5.69 Å². The SMILES string of the molecule is CCOC(=O)c1cc2ccc(-c3ccc(C)cc3)cc2[nH]1. The van der Waals surface area contributed by atoms with Gasteiger partial charge in [0.15, 0.2) is 0 Å². The Balaban J connectivity index is 2.00. The quantitative estimate of drug-likeness (QED) is 0.725. The Hall–Kier alpha value is -2.55. The van der Waals surface area contributed by atoms with Gasteiger partial charge in [-0.15, -0.1) is 0 Å². The normalized spacial score (nSPS) is 10.8. The standard InChI is InChI=1S/C18H17NO2/c1-3-21-18(20)17-11-15-9-8-14(10-16(15)19-17)13-6-4-12(2)5-7-13/h4-11,19H,3H2,1-2H3. The van der Waals surface area contributed by atoms with Crippen LogP contribution in [0, 0.1) is 6.92 Å². The van der Waals surface area contributed by atoms with E-state index in [1.807, 2.05) is 12.1 Å². The molecule has 0 fully saturated rings. The van der Waals surface area contributed by atoms with Crippen LogP contribution in [0.2, 0.25) is 0 Å². The van der Waals surface area contributed by atoms with Crippen LogP contribution in [-0.2, 0) is 4.74 Å². The Kier molecular flexibility index (Phi) is 3.48. The highest BCUT2D eigenvalue weighted by atomic mass is 16.5. The summed E-state index contributed by atoms with van der Waals surface area (Å²) in [7, 11) is 0. The van der Waals surface area contributed by atoms with Gasteiger partial charge in [-0.25, -0.2) is 4.79 Å². The largest absolute Gasteiger partial charge is 0.461 e. The maximum Gasteiger partial charge on any atom is 0.354 e. The number of benzene rings is 2. The molecule has 1 aromatic heterocycles. The molecule has 0 bridgehead atoms. The topological polar surface area (TPSA) is 42.1 Å². The summed E-state index contributed by atoms with van der Waals surface area (Å²) < 4.78 is 5.02. The number of aromatic amines is 1. The molecule has 0 saturated heterocycles. The average Bonchev–Trinajstić information content (AvgIpc) is 2.91. The van der Waals surface area contributed by atoms with E-state index in [-0.39, 0.29) is 5.97 Å². The molecule has 0 atom stereocenters. The third-order valence-corrected chi connectivity index (χ3v) is 3.50. The van der Waals surface area contributed by atoms with Gasteiger partial charge in [0, 0.05) is 10.9 Å². The minimum atomic E-state index is -0.314. The summed E-state index contributed by atoms with van der Waals surface area (Å²) in [6.45, 7) is 4.25. The highest BCUT2D eigenvalue weighted by Crippen LogP contribution is 2.25. The molecule has 0 aliphatic rings. The molecule has 0 saturated carbocycles. The minimum absolute atomic E-state index is 0.314. The molecule has 3 heteroatoms. The van der Waals surface area contributed by atoms with Crippen LogP contribution < -0.4 is 0 Å². The zero-order valence-corrected chi connectivity index (χ0v) is 12.1. The van der Waals surface area contributed by atoms with E-state index < -0.39 is 0 Å². The number of aromatic nitrogens is 1. The third-order valence-electron chi connectivity index (χ3n) is 3.50. The molecule has 0 aliphatic heterocycles. The monoisotopic (exact) mass is 279 g/mol. The molecule has 3 nitrogen and oxygen atoms in total. The van der Waals surface area contributed by atoms with Gasteiger partial charge < -0.3 is 9.72 Å². The van der Waals surface area contributed by atoms with Crippen LogP contribution in [0.25, 0.3) is 22.0 Å². The Morgan fingerprint density at radius 2 is 1.76 bits per heavy atom. The lowest BCUT2D eigenvalue weighted by molar-refractivity contribution is 0.0520. The molecule has 0 radical (unpaired) electrons. The van der Waals surface area contributed by atoms with Crippen LogP contribution in [0.1, 0.15) is 23.0 Å². The Morgan fingerprint density at radius 3 is 2.48 bits per heavy atom. The Bertz CT molecular complexity index is 785. The number of carbonyl (C=O) groups excluding carboxylic acids is 1. The summed E-state index contributed by atoms with van der Waals surface area (Å²) >= 11 is 0. The van der Waals surface area contributed by atoms with E-state index in [1.54, 1.807) is 6.92 Å². The van der Waals surface area contributed by atoms with Crippen molar-refractivity contribution in [2.45, 2.75) is 13.8 Å². The second-order valence-electron chi connectivity index (χ2n) is 5.07. The molecule has 3 aromatic rings. The second kappa shape index (κ2) is 5.44. The first-order valence-corrected chi connectivity index (χ1v) is 7.04. The maximum atomic E-state index is 11.8. The molecular formula is C18H17NO2. The lowest BCUT2D eigenvalue weighted by atomic mass is 10.0. The first-order chi connectivity index (χ1) is 10.2. The van der Waals surface area contributed by atoms with Crippen LogP contribution in [0.3, 0.4) is 0 Å². The van der Waals surface area contributed by atoms with Crippen LogP contribution >= 0.6 is 0 Å². The lowest BCUT2D eigenvalue weighted by Gasteiger charge is -2.02. The number of aryl methyl sites for hydroxylation is 1. The van der Waals surface area contributed by atoms with Crippen LogP contribution in [0.15, 0.2) is 48.5 Å². The van der Waals surface area contributed by atoms with Crippen LogP contribution in [-0.4, -0.2) is 17.6 Å². The van der Waals surface area contributed by atoms with Gasteiger partial charge in [0.2, 0.25) is 0 Å². The average molecular weight is 279 g/mol. The van der Waals surface area contributed by atoms with Crippen molar-refractivity contribution in [3.8, 4) is 11.1 Å². The molecule has 0 unspecified atom stereocenters. The minimum Gasteiger partial charge on any atom is -0.461 e. The van der Waals surface area contributed by atoms with Gasteiger partial charge in [-0.05, 0) is 37.1 Å². The van der Waals surface area contributed by atoms with Crippen molar-refractivity contribution >= 4 is 16.9 Å². The van der Waals surface area contributed by atoms with Gasteiger partial charge >= 0.3 is 5.97 Å². The second-order valence-corrected chi connectivity index (χ2v) is 5.07. The predicted molar refractivity (Wildman–Crippen MR) is 84.4 cm³/mol. The van der Waals surface area contributed by atoms with E-state index in [1.165, 1.54) is 5.56 Å². The van der Waals surface area contributed by atoms with Gasteiger partial charge in [0.25, 0.3) is 0 Å². The van der Waals surface area contributed by atoms with Crippen molar-refractivity contribution in [1.82, 2.24) is 4.98 Å². The molecule has 1 heterocycles. The number of ether oxygens (including phenoxy) is 1. The lowest BCUT2D eigenvalue weighted by Crippen LogP contribution is -2.04. The van der Waals surface area contributed by atoms with E-state index >= 15 is 0 Å². The van der Waals surface area contributed by atoms with E-state index in [4.69, 9.17) is 4.74 Å². The fourth-order valence-corrected chi connectivity index (χ4v) is 2.37. The highest BCUT2D eigenvalue weighted by molar-refractivity contribution is 5.96. The summed E-state index contributed by atoms with van der Waals surface area (Å²) in [5.74, 6) is -0.314. The van der Waals surface area contributed by atoms with Crippen LogP contribution in [0.4, 0.5) is 0 Å². The zero-order valence-electron chi connectivity index (χ0n) is 12.1. The first-order valence-electron chi connectivity index (χ1n) is 7.04. The smallest absolute Gasteiger partial charge is 0.354 e. The molecule has 3 rings (SSSR count). The molecular weight excluding hydrogens is 262 g/mol.